The third-order valence-corrected chi connectivity index (χ3v) is 4.59. The van der Waals surface area contributed by atoms with E-state index >= 15 is 0 Å². The van der Waals surface area contributed by atoms with Gasteiger partial charge in [0.15, 0.2) is 0 Å². The third kappa shape index (κ3) is 3.16. The van der Waals surface area contributed by atoms with Crippen molar-refractivity contribution < 1.29 is 4.79 Å². The number of fused-ring (bicyclic) bond motifs is 1. The van der Waals surface area contributed by atoms with Crippen LogP contribution in [0.5, 0.6) is 0 Å². The van der Waals surface area contributed by atoms with Gasteiger partial charge in [-0.15, -0.1) is 11.3 Å². The number of amides is 1. The molecule has 2 aromatic rings. The van der Waals surface area contributed by atoms with Crippen molar-refractivity contribution in [3.63, 3.8) is 0 Å². The highest BCUT2D eigenvalue weighted by Gasteiger charge is 2.25. The Morgan fingerprint density at radius 1 is 1.48 bits per heavy atom. The number of hydrogen-bond acceptors (Lipinski definition) is 5. The molecular weight excluding hydrogens is 284 g/mol. The van der Waals surface area contributed by atoms with Crippen LogP contribution in [-0.4, -0.2) is 53.9 Å². The molecule has 2 heterocycles. The highest BCUT2D eigenvalue weighted by molar-refractivity contribution is 7.21. The van der Waals surface area contributed by atoms with E-state index in [9.17, 15) is 4.79 Å². The summed E-state index contributed by atoms with van der Waals surface area (Å²) >= 11 is 1.42. The Labute approximate surface area is 129 Å². The molecule has 0 aliphatic heterocycles. The van der Waals surface area contributed by atoms with E-state index in [0.29, 0.717) is 17.1 Å². The molecule has 1 unspecified atom stereocenters. The number of likely N-dealkylation sites (N-methyl/N-ethyl adjacent to an activating group) is 2. The van der Waals surface area contributed by atoms with Crippen molar-refractivity contribution in [1.29, 1.82) is 0 Å². The zero-order valence-electron chi connectivity index (χ0n) is 13.0. The number of rotatable bonds is 5. The lowest BCUT2D eigenvalue weighted by atomic mass is 10.2. The van der Waals surface area contributed by atoms with Gasteiger partial charge < -0.3 is 15.5 Å². The van der Waals surface area contributed by atoms with Crippen LogP contribution in [0.2, 0.25) is 0 Å². The average molecular weight is 306 g/mol. The van der Waals surface area contributed by atoms with E-state index in [1.165, 1.54) is 11.3 Å². The molecule has 1 amide bonds. The summed E-state index contributed by atoms with van der Waals surface area (Å²) in [5, 5.41) is 0. The molecule has 114 valence electrons. The van der Waals surface area contributed by atoms with Gasteiger partial charge in [0.2, 0.25) is 0 Å². The standard InChI is InChI=1S/C15H22N4OS/c1-5-19(10(2)9-18(3)4)15(20)14-12(16)13-11(21-14)7-6-8-17-13/h6-8,10H,5,9,16H2,1-4H3. The number of nitrogens with zero attached hydrogens (tertiary/aromatic N) is 3. The molecule has 2 N–H and O–H groups in total. The molecule has 0 radical (unpaired) electrons. The second kappa shape index (κ2) is 6.41. The van der Waals surface area contributed by atoms with Crippen molar-refractivity contribution in [3.05, 3.63) is 23.2 Å². The topological polar surface area (TPSA) is 62.5 Å². The number of carbonyl (C=O) groups excluding carboxylic acids is 1. The summed E-state index contributed by atoms with van der Waals surface area (Å²) in [7, 11) is 4.01. The molecule has 0 fully saturated rings. The van der Waals surface area contributed by atoms with Crippen LogP contribution in [0.3, 0.4) is 0 Å². The number of nitrogens with two attached hydrogens (primary N) is 1. The molecule has 5 nitrogen and oxygen atoms in total. The zero-order chi connectivity index (χ0) is 15.6. The SMILES string of the molecule is CCN(C(=O)c1sc2cccnc2c1N)C(C)CN(C)C. The summed E-state index contributed by atoms with van der Waals surface area (Å²) in [4.78, 5) is 21.6. The molecule has 0 bridgehead atoms. The van der Waals surface area contributed by atoms with Crippen molar-refractivity contribution in [2.45, 2.75) is 19.9 Å². The minimum absolute atomic E-state index is 0.00708. The predicted octanol–water partition coefficient (Wildman–Crippen LogP) is 2.29. The Bertz CT molecular complexity index is 638. The van der Waals surface area contributed by atoms with Crippen LogP contribution in [0.1, 0.15) is 23.5 Å². The van der Waals surface area contributed by atoms with E-state index in [4.69, 9.17) is 5.73 Å². The Kier molecular flexibility index (Phi) is 4.80. The van der Waals surface area contributed by atoms with Crippen LogP contribution < -0.4 is 5.73 Å². The van der Waals surface area contributed by atoms with Gasteiger partial charge in [0.1, 0.15) is 10.4 Å². The van der Waals surface area contributed by atoms with Crippen LogP contribution in [0.25, 0.3) is 10.2 Å². The van der Waals surface area contributed by atoms with Crippen molar-refractivity contribution in [1.82, 2.24) is 14.8 Å². The van der Waals surface area contributed by atoms with E-state index in [-0.39, 0.29) is 11.9 Å². The first-order valence-electron chi connectivity index (χ1n) is 7.04. The number of anilines is 1. The summed E-state index contributed by atoms with van der Waals surface area (Å²) in [5.41, 5.74) is 7.34. The first kappa shape index (κ1) is 15.7. The quantitative estimate of drug-likeness (QED) is 0.920. The lowest BCUT2D eigenvalue weighted by molar-refractivity contribution is 0.0685. The molecule has 6 heteroatoms. The number of thiophene rings is 1. The van der Waals surface area contributed by atoms with Crippen LogP contribution in [0, 0.1) is 0 Å². The van der Waals surface area contributed by atoms with Crippen molar-refractivity contribution in [2.75, 3.05) is 32.9 Å². The van der Waals surface area contributed by atoms with Gasteiger partial charge in [0.25, 0.3) is 5.91 Å². The van der Waals surface area contributed by atoms with Gasteiger partial charge in [-0.2, -0.15) is 0 Å². The monoisotopic (exact) mass is 306 g/mol. The normalized spacial score (nSPS) is 12.8. The van der Waals surface area contributed by atoms with E-state index in [1.807, 2.05) is 38.1 Å². The van der Waals surface area contributed by atoms with Gasteiger partial charge in [-0.1, -0.05) is 0 Å². The molecule has 0 spiro atoms. The van der Waals surface area contributed by atoms with Gasteiger partial charge in [-0.3, -0.25) is 9.78 Å². The summed E-state index contributed by atoms with van der Waals surface area (Å²) in [6.45, 7) is 5.53. The molecule has 0 aliphatic carbocycles. The number of hydrogen-bond donors (Lipinski definition) is 1. The average Bonchev–Trinajstić information content (AvgIpc) is 2.76. The lowest BCUT2D eigenvalue weighted by Gasteiger charge is -2.29. The minimum atomic E-state index is -0.00708. The fourth-order valence-corrected chi connectivity index (χ4v) is 3.56. The van der Waals surface area contributed by atoms with Crippen LogP contribution in [-0.2, 0) is 0 Å². The fraction of sp³-hybridized carbons (Fsp3) is 0.467. The van der Waals surface area contributed by atoms with E-state index < -0.39 is 0 Å². The number of aromatic nitrogens is 1. The largest absolute Gasteiger partial charge is 0.396 e. The number of pyridine rings is 1. The lowest BCUT2D eigenvalue weighted by Crippen LogP contribution is -2.43. The summed E-state index contributed by atoms with van der Waals surface area (Å²) in [5.74, 6) is -0.00708. The molecule has 0 aliphatic rings. The van der Waals surface area contributed by atoms with E-state index in [0.717, 1.165) is 16.8 Å². The Balaban J connectivity index is 2.33. The predicted molar refractivity (Wildman–Crippen MR) is 88.8 cm³/mol. The molecule has 0 aromatic carbocycles. The number of nitrogen functional groups attached to an aromatic ring is 1. The Morgan fingerprint density at radius 3 is 2.76 bits per heavy atom. The summed E-state index contributed by atoms with van der Waals surface area (Å²) in [6, 6.07) is 3.94. The molecule has 21 heavy (non-hydrogen) atoms. The Morgan fingerprint density at radius 2 is 2.19 bits per heavy atom. The molecule has 1 atom stereocenters. The van der Waals surface area contributed by atoms with Gasteiger partial charge in [0.05, 0.1) is 10.4 Å². The Hall–Kier alpha value is -1.66. The minimum Gasteiger partial charge on any atom is -0.396 e. The summed E-state index contributed by atoms with van der Waals surface area (Å²) in [6.07, 6.45) is 1.70. The third-order valence-electron chi connectivity index (χ3n) is 3.44. The molecule has 0 saturated heterocycles. The molecule has 2 aromatic heterocycles. The molecule has 0 saturated carbocycles. The zero-order valence-corrected chi connectivity index (χ0v) is 13.8. The fourth-order valence-electron chi connectivity index (χ4n) is 2.52. The van der Waals surface area contributed by atoms with Gasteiger partial charge in [0, 0.05) is 25.3 Å². The van der Waals surface area contributed by atoms with Crippen molar-refractivity contribution >= 4 is 33.1 Å². The number of carbonyl (C=O) groups is 1. The smallest absolute Gasteiger partial charge is 0.266 e. The second-order valence-electron chi connectivity index (χ2n) is 5.40. The maximum absolute atomic E-state index is 12.8. The molecule has 2 rings (SSSR count). The van der Waals surface area contributed by atoms with Crippen LogP contribution in [0.15, 0.2) is 18.3 Å². The maximum atomic E-state index is 12.8. The van der Waals surface area contributed by atoms with E-state index in [2.05, 4.69) is 16.8 Å². The van der Waals surface area contributed by atoms with Gasteiger partial charge in [-0.05, 0) is 40.1 Å². The first-order valence-corrected chi connectivity index (χ1v) is 7.86. The first-order chi connectivity index (χ1) is 9.95. The van der Waals surface area contributed by atoms with Gasteiger partial charge >= 0.3 is 0 Å². The van der Waals surface area contributed by atoms with E-state index in [1.54, 1.807) is 6.20 Å². The van der Waals surface area contributed by atoms with Crippen molar-refractivity contribution in [2.24, 2.45) is 0 Å². The second-order valence-corrected chi connectivity index (χ2v) is 6.45. The highest BCUT2D eigenvalue weighted by atomic mass is 32.1. The van der Waals surface area contributed by atoms with Gasteiger partial charge in [-0.25, -0.2) is 0 Å². The van der Waals surface area contributed by atoms with Crippen molar-refractivity contribution in [3.8, 4) is 0 Å². The van der Waals surface area contributed by atoms with Crippen LogP contribution in [0.4, 0.5) is 5.69 Å². The molecular formula is C15H22N4OS. The summed E-state index contributed by atoms with van der Waals surface area (Å²) < 4.78 is 0.953. The van der Waals surface area contributed by atoms with Crippen LogP contribution >= 0.6 is 11.3 Å². The highest BCUT2D eigenvalue weighted by Crippen LogP contribution is 2.33. The maximum Gasteiger partial charge on any atom is 0.266 e.